The molecule has 168 valence electrons. The van der Waals surface area contributed by atoms with E-state index in [-0.39, 0.29) is 6.04 Å². The first kappa shape index (κ1) is 21.2. The fourth-order valence-corrected chi connectivity index (χ4v) is 4.41. The zero-order valence-corrected chi connectivity index (χ0v) is 18.5. The number of rotatable bonds is 7. The summed E-state index contributed by atoms with van der Waals surface area (Å²) in [4.78, 5) is 11.4. The number of ether oxygens (including phenoxy) is 2. The number of imidazole rings is 1. The maximum atomic E-state index is 10.4. The molecular weight excluding hydrogens is 416 g/mol. The van der Waals surface area contributed by atoms with E-state index in [9.17, 15) is 5.11 Å². The summed E-state index contributed by atoms with van der Waals surface area (Å²) in [5, 5.41) is 10.4. The van der Waals surface area contributed by atoms with Crippen molar-refractivity contribution in [2.45, 2.75) is 25.1 Å². The minimum atomic E-state index is -0.691. The minimum Gasteiger partial charge on any atom is -0.497 e. The van der Waals surface area contributed by atoms with Gasteiger partial charge in [-0.1, -0.05) is 12.6 Å². The molecule has 0 radical (unpaired) electrons. The molecule has 4 aromatic rings. The number of methoxy groups -OCH3 is 1. The van der Waals surface area contributed by atoms with Gasteiger partial charge in [-0.15, -0.1) is 0 Å². The molecule has 0 aliphatic carbocycles. The number of fused-ring (bicyclic) bond motifs is 1. The lowest BCUT2D eigenvalue weighted by Gasteiger charge is -2.26. The average Bonchev–Trinajstić information content (AvgIpc) is 3.49. The highest BCUT2D eigenvalue weighted by atomic mass is 16.5. The Bertz CT molecular complexity index is 1270. The average molecular weight is 443 g/mol. The summed E-state index contributed by atoms with van der Waals surface area (Å²) in [6, 6.07) is 15.4. The van der Waals surface area contributed by atoms with Crippen LogP contribution < -0.4 is 9.47 Å². The summed E-state index contributed by atoms with van der Waals surface area (Å²) in [5.74, 6) is 3.08. The van der Waals surface area contributed by atoms with E-state index in [0.717, 1.165) is 53.5 Å². The predicted octanol–water partition coefficient (Wildman–Crippen LogP) is 4.84. The van der Waals surface area contributed by atoms with Crippen molar-refractivity contribution < 1.29 is 14.6 Å². The molecule has 7 nitrogen and oxygen atoms in total. The second-order valence-electron chi connectivity index (χ2n) is 8.00. The number of hydrogen-bond donors (Lipinski definition) is 1. The van der Waals surface area contributed by atoms with Crippen LogP contribution in [0.15, 0.2) is 79.8 Å². The summed E-state index contributed by atoms with van der Waals surface area (Å²) in [5.41, 5.74) is 2.75. The SMILES string of the molecule is C=CC(O)N1CCC[C@H]1c1nc(-c2ccc(Oc3cccc(OC)c3)cc2)c2cnccn12. The van der Waals surface area contributed by atoms with Gasteiger partial charge in [0.1, 0.15) is 29.3 Å². The first-order chi connectivity index (χ1) is 16.2. The number of likely N-dealkylation sites (tertiary alicyclic amines) is 1. The van der Waals surface area contributed by atoms with E-state index in [1.54, 1.807) is 19.4 Å². The third kappa shape index (κ3) is 4.08. The summed E-state index contributed by atoms with van der Waals surface area (Å²) < 4.78 is 13.3. The topological polar surface area (TPSA) is 72.1 Å². The van der Waals surface area contributed by atoms with Gasteiger partial charge in [0.05, 0.1) is 30.6 Å². The molecule has 2 aromatic heterocycles. The van der Waals surface area contributed by atoms with Crippen LogP contribution in [-0.4, -0.2) is 44.3 Å². The summed E-state index contributed by atoms with van der Waals surface area (Å²) in [6.07, 6.45) is 8.32. The molecule has 1 aliphatic rings. The van der Waals surface area contributed by atoms with Gasteiger partial charge in [-0.05, 0) is 55.3 Å². The molecule has 1 fully saturated rings. The van der Waals surface area contributed by atoms with Gasteiger partial charge in [-0.2, -0.15) is 0 Å². The molecule has 1 aliphatic heterocycles. The normalized spacial score (nSPS) is 17.2. The van der Waals surface area contributed by atoms with Crippen molar-refractivity contribution in [1.29, 1.82) is 0 Å². The van der Waals surface area contributed by atoms with Crippen molar-refractivity contribution >= 4 is 5.52 Å². The Balaban J connectivity index is 1.47. The van der Waals surface area contributed by atoms with Gasteiger partial charge >= 0.3 is 0 Å². The van der Waals surface area contributed by atoms with Gasteiger partial charge < -0.3 is 14.6 Å². The van der Waals surface area contributed by atoms with E-state index in [1.807, 2.05) is 65.8 Å². The second-order valence-corrected chi connectivity index (χ2v) is 8.00. The maximum Gasteiger partial charge on any atom is 0.131 e. The summed E-state index contributed by atoms with van der Waals surface area (Å²) in [6.45, 7) is 4.56. The highest BCUT2D eigenvalue weighted by Gasteiger charge is 2.33. The predicted molar refractivity (Wildman–Crippen MR) is 126 cm³/mol. The van der Waals surface area contributed by atoms with Crippen LogP contribution in [0, 0.1) is 0 Å². The fraction of sp³-hybridized carbons (Fsp3) is 0.231. The van der Waals surface area contributed by atoms with E-state index in [2.05, 4.69) is 16.0 Å². The van der Waals surface area contributed by atoms with E-state index in [1.165, 1.54) is 0 Å². The van der Waals surface area contributed by atoms with E-state index < -0.39 is 6.23 Å². The largest absolute Gasteiger partial charge is 0.497 e. The van der Waals surface area contributed by atoms with Crippen molar-refractivity contribution in [3.8, 4) is 28.5 Å². The Kier molecular flexibility index (Phi) is 5.81. The Morgan fingerprint density at radius 2 is 1.97 bits per heavy atom. The molecule has 1 N–H and O–H groups in total. The van der Waals surface area contributed by atoms with Crippen molar-refractivity contribution in [1.82, 2.24) is 19.3 Å². The molecule has 7 heteroatoms. The van der Waals surface area contributed by atoms with E-state index >= 15 is 0 Å². The van der Waals surface area contributed by atoms with Crippen LogP contribution in [0.1, 0.15) is 24.7 Å². The number of nitrogens with zero attached hydrogens (tertiary/aromatic N) is 4. The van der Waals surface area contributed by atoms with Gasteiger partial charge in [-0.25, -0.2) is 4.98 Å². The van der Waals surface area contributed by atoms with Crippen LogP contribution in [-0.2, 0) is 0 Å². The Morgan fingerprint density at radius 3 is 2.76 bits per heavy atom. The maximum absolute atomic E-state index is 10.4. The lowest BCUT2D eigenvalue weighted by molar-refractivity contribution is 0.0294. The van der Waals surface area contributed by atoms with Crippen LogP contribution in [0.5, 0.6) is 17.2 Å². The van der Waals surface area contributed by atoms with Gasteiger partial charge in [0.15, 0.2) is 0 Å². The van der Waals surface area contributed by atoms with E-state index in [4.69, 9.17) is 14.5 Å². The highest BCUT2D eigenvalue weighted by molar-refractivity contribution is 5.77. The highest BCUT2D eigenvalue weighted by Crippen LogP contribution is 2.36. The molecule has 5 rings (SSSR count). The van der Waals surface area contributed by atoms with Gasteiger partial charge in [0.2, 0.25) is 0 Å². The van der Waals surface area contributed by atoms with Crippen LogP contribution in [0.3, 0.4) is 0 Å². The van der Waals surface area contributed by atoms with E-state index in [0.29, 0.717) is 5.75 Å². The second kappa shape index (κ2) is 9.05. The third-order valence-electron chi connectivity index (χ3n) is 6.02. The Hall–Kier alpha value is -3.68. The monoisotopic (exact) mass is 442 g/mol. The zero-order chi connectivity index (χ0) is 22.8. The molecule has 2 atom stereocenters. The summed E-state index contributed by atoms with van der Waals surface area (Å²) in [7, 11) is 1.63. The van der Waals surface area contributed by atoms with Gasteiger partial charge in [-0.3, -0.25) is 14.3 Å². The van der Waals surface area contributed by atoms with Crippen molar-refractivity contribution in [2.75, 3.05) is 13.7 Å². The molecule has 3 heterocycles. The third-order valence-corrected chi connectivity index (χ3v) is 6.02. The number of aliphatic hydroxyl groups is 1. The smallest absolute Gasteiger partial charge is 0.131 e. The summed E-state index contributed by atoms with van der Waals surface area (Å²) >= 11 is 0. The van der Waals surface area contributed by atoms with Crippen LogP contribution in [0.25, 0.3) is 16.8 Å². The molecule has 1 unspecified atom stereocenters. The first-order valence-corrected chi connectivity index (χ1v) is 11.0. The quantitative estimate of drug-likeness (QED) is 0.413. The lowest BCUT2D eigenvalue weighted by Crippen LogP contribution is -2.33. The zero-order valence-electron chi connectivity index (χ0n) is 18.5. The van der Waals surface area contributed by atoms with Crippen LogP contribution in [0.4, 0.5) is 0 Å². The van der Waals surface area contributed by atoms with Crippen molar-refractivity contribution in [2.24, 2.45) is 0 Å². The molecule has 1 saturated heterocycles. The van der Waals surface area contributed by atoms with Gasteiger partial charge in [0, 0.05) is 30.6 Å². The number of hydrogen-bond acceptors (Lipinski definition) is 6. The van der Waals surface area contributed by atoms with Gasteiger partial charge in [0.25, 0.3) is 0 Å². The minimum absolute atomic E-state index is 0.0114. The number of benzene rings is 2. The molecule has 0 bridgehead atoms. The molecule has 33 heavy (non-hydrogen) atoms. The molecule has 2 aromatic carbocycles. The van der Waals surface area contributed by atoms with Crippen molar-refractivity contribution in [3.63, 3.8) is 0 Å². The lowest BCUT2D eigenvalue weighted by atomic mass is 10.1. The van der Waals surface area contributed by atoms with Crippen LogP contribution in [0.2, 0.25) is 0 Å². The fourth-order valence-electron chi connectivity index (χ4n) is 4.41. The molecular formula is C26H26N4O3. The molecule has 0 amide bonds. The number of aromatic nitrogens is 3. The Morgan fingerprint density at radius 1 is 1.15 bits per heavy atom. The first-order valence-electron chi connectivity index (χ1n) is 11.0. The Labute approximate surface area is 192 Å². The molecule has 0 spiro atoms. The number of aliphatic hydroxyl groups excluding tert-OH is 1. The van der Waals surface area contributed by atoms with Crippen molar-refractivity contribution in [3.05, 3.63) is 85.6 Å². The standard InChI is InChI=1S/C26H26N4O3/c1-3-24(31)29-14-5-8-22(29)26-28-25(23-17-27-13-15-30(23)26)18-9-11-19(12-10-18)33-21-7-4-6-20(16-21)32-2/h3-4,6-7,9-13,15-17,22,24,31H,1,5,8,14H2,2H3/t22-,24?/m0/s1. The molecule has 0 saturated carbocycles. The van der Waals surface area contributed by atoms with Crippen LogP contribution >= 0.6 is 0 Å².